The van der Waals surface area contributed by atoms with E-state index in [0.717, 1.165) is 34.8 Å². The monoisotopic (exact) mass is 432 g/mol. The first-order valence-corrected chi connectivity index (χ1v) is 11.5. The van der Waals surface area contributed by atoms with Gasteiger partial charge in [0.2, 0.25) is 0 Å². The molecular weight excluding hydrogens is 408 g/mol. The van der Waals surface area contributed by atoms with E-state index in [9.17, 15) is 4.79 Å². The van der Waals surface area contributed by atoms with Crippen molar-refractivity contribution >= 4 is 23.3 Å². The molecule has 0 saturated carbocycles. The molecule has 0 bridgehead atoms. The van der Waals surface area contributed by atoms with Crippen LogP contribution >= 0.6 is 11.8 Å². The molecule has 0 aliphatic rings. The van der Waals surface area contributed by atoms with Gasteiger partial charge in [0.25, 0.3) is 5.91 Å². The van der Waals surface area contributed by atoms with Gasteiger partial charge in [-0.2, -0.15) is 11.8 Å². The lowest BCUT2D eigenvalue weighted by Gasteiger charge is -2.18. The molecule has 0 spiro atoms. The minimum atomic E-state index is -0.245. The van der Waals surface area contributed by atoms with Crippen LogP contribution < -0.4 is 10.1 Å². The Morgan fingerprint density at radius 3 is 2.65 bits per heavy atom. The smallest absolute Gasteiger partial charge is 0.258 e. The van der Waals surface area contributed by atoms with Gasteiger partial charge in [-0.15, -0.1) is 10.2 Å². The number of carbonyl (C=O) groups excluding carboxylic acids is 1. The number of hydrogen-bond donors (Lipinski definition) is 1. The van der Waals surface area contributed by atoms with Crippen molar-refractivity contribution in [2.75, 3.05) is 18.6 Å². The van der Waals surface area contributed by atoms with Crippen molar-refractivity contribution in [1.29, 1.82) is 0 Å². The molecule has 0 aliphatic carbocycles. The molecular formula is C24H24N4O2S. The molecule has 158 valence electrons. The summed E-state index contributed by atoms with van der Waals surface area (Å²) in [4.78, 5) is 12.8. The molecule has 6 nitrogen and oxygen atoms in total. The predicted octanol–water partition coefficient (Wildman–Crippen LogP) is 4.39. The van der Waals surface area contributed by atoms with Gasteiger partial charge in [-0.1, -0.05) is 54.6 Å². The van der Waals surface area contributed by atoms with E-state index in [2.05, 4.69) is 15.5 Å². The van der Waals surface area contributed by atoms with Gasteiger partial charge in [0.1, 0.15) is 5.75 Å². The van der Waals surface area contributed by atoms with E-state index in [1.807, 2.05) is 89.6 Å². The summed E-state index contributed by atoms with van der Waals surface area (Å²) < 4.78 is 7.82. The van der Waals surface area contributed by atoms with Gasteiger partial charge in [0.05, 0.1) is 6.04 Å². The molecule has 0 saturated heterocycles. The van der Waals surface area contributed by atoms with Gasteiger partial charge in [0, 0.05) is 11.8 Å². The molecule has 31 heavy (non-hydrogen) atoms. The minimum Gasteiger partial charge on any atom is -0.483 e. The number of nitrogens with zero attached hydrogens (tertiary/aromatic N) is 3. The van der Waals surface area contributed by atoms with Gasteiger partial charge in [-0.25, -0.2) is 0 Å². The summed E-state index contributed by atoms with van der Waals surface area (Å²) in [6.07, 6.45) is 4.71. The van der Waals surface area contributed by atoms with Crippen molar-refractivity contribution in [3.63, 3.8) is 0 Å². The van der Waals surface area contributed by atoms with E-state index in [4.69, 9.17) is 4.74 Å². The van der Waals surface area contributed by atoms with Crippen LogP contribution in [0.4, 0.5) is 0 Å². The zero-order valence-electron chi connectivity index (χ0n) is 17.3. The topological polar surface area (TPSA) is 68.5 Å². The number of aromatic nitrogens is 3. The van der Waals surface area contributed by atoms with Crippen LogP contribution in [-0.2, 0) is 4.79 Å². The van der Waals surface area contributed by atoms with E-state index in [-0.39, 0.29) is 18.6 Å². The maximum atomic E-state index is 12.8. The quantitative estimate of drug-likeness (QED) is 0.425. The van der Waals surface area contributed by atoms with Gasteiger partial charge in [-0.3, -0.25) is 9.20 Å². The number of fused-ring (bicyclic) bond motifs is 1. The predicted molar refractivity (Wildman–Crippen MR) is 124 cm³/mol. The highest BCUT2D eigenvalue weighted by Gasteiger charge is 2.20. The lowest BCUT2D eigenvalue weighted by molar-refractivity contribution is -0.123. The fourth-order valence-electron chi connectivity index (χ4n) is 3.43. The van der Waals surface area contributed by atoms with E-state index in [1.165, 1.54) is 0 Å². The Balaban J connectivity index is 1.47. The van der Waals surface area contributed by atoms with Crippen LogP contribution in [-0.4, -0.2) is 39.1 Å². The summed E-state index contributed by atoms with van der Waals surface area (Å²) >= 11 is 1.73. The van der Waals surface area contributed by atoms with E-state index < -0.39 is 0 Å². The largest absolute Gasteiger partial charge is 0.483 e. The number of ether oxygens (including phenoxy) is 1. The van der Waals surface area contributed by atoms with E-state index in [0.29, 0.717) is 5.75 Å². The molecule has 2 aromatic carbocycles. The number of benzene rings is 2. The number of amides is 1. The third kappa shape index (κ3) is 5.06. The van der Waals surface area contributed by atoms with Crippen molar-refractivity contribution in [3.05, 3.63) is 84.8 Å². The number of nitrogens with one attached hydrogen (secondary N) is 1. The lowest BCUT2D eigenvalue weighted by atomic mass is 10.1. The Kier molecular flexibility index (Phi) is 6.84. The van der Waals surface area contributed by atoms with Crippen molar-refractivity contribution in [2.45, 2.75) is 12.5 Å². The molecule has 1 N–H and O–H groups in total. The van der Waals surface area contributed by atoms with E-state index in [1.54, 1.807) is 11.8 Å². The number of rotatable bonds is 9. The van der Waals surface area contributed by atoms with Crippen molar-refractivity contribution < 1.29 is 9.53 Å². The number of hydrogen-bond acceptors (Lipinski definition) is 5. The minimum absolute atomic E-state index is 0.0731. The number of para-hydroxylation sites is 1. The standard InChI is InChI=1S/C24H24N4O2S/c1-31-16-14-20(24-27-26-22-13-7-8-15-28(22)24)25-23(29)17-30-21-12-6-5-11-19(21)18-9-3-2-4-10-18/h2-13,15,20H,14,16-17H2,1H3,(H,25,29)/t20-/m1/s1. The average Bonchev–Trinajstić information content (AvgIpc) is 3.25. The maximum Gasteiger partial charge on any atom is 0.258 e. The molecule has 7 heteroatoms. The molecule has 0 fully saturated rings. The van der Waals surface area contributed by atoms with Gasteiger partial charge < -0.3 is 10.1 Å². The number of pyridine rings is 1. The van der Waals surface area contributed by atoms with Crippen molar-refractivity contribution in [2.24, 2.45) is 0 Å². The highest BCUT2D eigenvalue weighted by Crippen LogP contribution is 2.29. The molecule has 2 aromatic heterocycles. The summed E-state index contributed by atoms with van der Waals surface area (Å²) in [7, 11) is 0. The Bertz CT molecular complexity index is 1150. The van der Waals surface area contributed by atoms with E-state index >= 15 is 0 Å². The summed E-state index contributed by atoms with van der Waals surface area (Å²) in [5.41, 5.74) is 2.76. The summed E-state index contributed by atoms with van der Waals surface area (Å²) in [5.74, 6) is 2.10. The second-order valence-electron chi connectivity index (χ2n) is 7.04. The van der Waals surface area contributed by atoms with Crippen LogP contribution in [0.25, 0.3) is 16.8 Å². The molecule has 0 aliphatic heterocycles. The molecule has 0 unspecified atom stereocenters. The maximum absolute atomic E-state index is 12.8. The highest BCUT2D eigenvalue weighted by molar-refractivity contribution is 7.98. The van der Waals surface area contributed by atoms with Crippen LogP contribution in [0.15, 0.2) is 79.0 Å². The third-order valence-corrected chi connectivity index (χ3v) is 5.57. The third-order valence-electron chi connectivity index (χ3n) is 4.93. The van der Waals surface area contributed by atoms with Crippen LogP contribution in [0.1, 0.15) is 18.3 Å². The molecule has 0 radical (unpaired) electrons. The Labute approximate surface area is 185 Å². The fraction of sp³-hybridized carbons (Fsp3) is 0.208. The van der Waals surface area contributed by atoms with Crippen LogP contribution in [0.3, 0.4) is 0 Å². The number of carbonyl (C=O) groups is 1. The average molecular weight is 433 g/mol. The van der Waals surface area contributed by atoms with Crippen molar-refractivity contribution in [1.82, 2.24) is 19.9 Å². The molecule has 2 heterocycles. The normalized spacial score (nSPS) is 11.9. The summed E-state index contributed by atoms with van der Waals surface area (Å²) in [5, 5.41) is 11.6. The molecule has 4 rings (SSSR count). The number of thioether (sulfide) groups is 1. The Morgan fingerprint density at radius 1 is 1.03 bits per heavy atom. The molecule has 1 amide bonds. The summed E-state index contributed by atoms with van der Waals surface area (Å²) in [6.45, 7) is -0.0731. The van der Waals surface area contributed by atoms with Gasteiger partial charge >= 0.3 is 0 Å². The zero-order chi connectivity index (χ0) is 21.5. The lowest BCUT2D eigenvalue weighted by Crippen LogP contribution is -2.34. The second-order valence-corrected chi connectivity index (χ2v) is 8.03. The van der Waals surface area contributed by atoms with Crippen LogP contribution in [0.2, 0.25) is 0 Å². The van der Waals surface area contributed by atoms with Gasteiger partial charge in [-0.05, 0) is 42.2 Å². The molecule has 4 aromatic rings. The Hall–Kier alpha value is -3.32. The van der Waals surface area contributed by atoms with Gasteiger partial charge in [0.15, 0.2) is 18.1 Å². The summed E-state index contributed by atoms with van der Waals surface area (Å²) in [6, 6.07) is 23.2. The highest BCUT2D eigenvalue weighted by atomic mass is 32.2. The molecule has 1 atom stereocenters. The fourth-order valence-corrected chi connectivity index (χ4v) is 3.90. The zero-order valence-corrected chi connectivity index (χ0v) is 18.1. The second kappa shape index (κ2) is 10.1. The first kappa shape index (κ1) is 20.9. The van der Waals surface area contributed by atoms with Crippen molar-refractivity contribution in [3.8, 4) is 16.9 Å². The first-order valence-electron chi connectivity index (χ1n) is 10.1. The first-order chi connectivity index (χ1) is 15.3. The Morgan fingerprint density at radius 2 is 1.81 bits per heavy atom. The SMILES string of the molecule is CSCC[C@@H](NC(=O)COc1ccccc1-c1ccccc1)c1nnc2ccccn12. The van der Waals surface area contributed by atoms with Crippen LogP contribution in [0, 0.1) is 0 Å². The van der Waals surface area contributed by atoms with Crippen LogP contribution in [0.5, 0.6) is 5.75 Å².